The number of pyridine rings is 1. The number of hydrogen-bond acceptors (Lipinski definition) is 6. The van der Waals surface area contributed by atoms with E-state index in [1.807, 2.05) is 36.4 Å². The first kappa shape index (κ1) is 19.6. The molecule has 0 spiro atoms. The number of aryl methyl sites for hydroxylation is 1. The zero-order valence-electron chi connectivity index (χ0n) is 17.0. The number of amides is 1. The number of aromatic amines is 1. The molecule has 0 aliphatic heterocycles. The summed E-state index contributed by atoms with van der Waals surface area (Å²) in [5.74, 6) is 0.942. The Morgan fingerprint density at radius 3 is 3.00 bits per heavy atom. The van der Waals surface area contributed by atoms with Crippen molar-refractivity contribution in [2.75, 3.05) is 7.05 Å². The lowest BCUT2D eigenvalue weighted by Gasteiger charge is -2.13. The highest BCUT2D eigenvalue weighted by Gasteiger charge is 2.18. The Morgan fingerprint density at radius 2 is 2.13 bits per heavy atom. The van der Waals surface area contributed by atoms with Crippen LogP contribution in [0.25, 0.3) is 10.9 Å². The number of nitrogens with one attached hydrogen (secondary N) is 1. The van der Waals surface area contributed by atoms with Gasteiger partial charge in [-0.2, -0.15) is 5.10 Å². The van der Waals surface area contributed by atoms with Gasteiger partial charge in [0.05, 0.1) is 23.4 Å². The van der Waals surface area contributed by atoms with Crippen LogP contribution >= 0.6 is 0 Å². The third-order valence-electron chi connectivity index (χ3n) is 4.68. The third kappa shape index (κ3) is 4.48. The van der Waals surface area contributed by atoms with E-state index in [-0.39, 0.29) is 18.2 Å². The van der Waals surface area contributed by atoms with E-state index in [0.29, 0.717) is 18.1 Å². The number of ether oxygens (including phenoxy) is 1. The average Bonchev–Trinajstić information content (AvgIpc) is 3.41. The zero-order valence-corrected chi connectivity index (χ0v) is 17.0. The molecular weight excluding hydrogens is 382 g/mol. The van der Waals surface area contributed by atoms with Crippen LogP contribution in [0.4, 0.5) is 0 Å². The molecule has 0 aliphatic rings. The summed E-state index contributed by atoms with van der Waals surface area (Å²) in [5.41, 5.74) is 3.03. The van der Waals surface area contributed by atoms with Crippen molar-refractivity contribution in [3.05, 3.63) is 71.5 Å². The molecule has 0 radical (unpaired) electrons. The van der Waals surface area contributed by atoms with Crippen molar-refractivity contribution >= 4 is 16.8 Å². The van der Waals surface area contributed by atoms with E-state index in [9.17, 15) is 4.79 Å². The summed E-state index contributed by atoms with van der Waals surface area (Å²) in [7, 11) is 1.72. The van der Waals surface area contributed by atoms with Gasteiger partial charge in [0.1, 0.15) is 12.4 Å². The molecule has 0 fully saturated rings. The molecule has 0 aliphatic carbocycles. The molecule has 1 N–H and O–H groups in total. The van der Waals surface area contributed by atoms with Crippen molar-refractivity contribution in [1.29, 1.82) is 0 Å². The molecule has 3 heterocycles. The number of benzene rings is 1. The van der Waals surface area contributed by atoms with Crippen molar-refractivity contribution in [3.63, 3.8) is 0 Å². The molecule has 8 heteroatoms. The first-order chi connectivity index (χ1) is 14.6. The van der Waals surface area contributed by atoms with Crippen LogP contribution in [0, 0.1) is 0 Å². The van der Waals surface area contributed by atoms with Crippen molar-refractivity contribution in [2.45, 2.75) is 32.9 Å². The van der Waals surface area contributed by atoms with E-state index in [0.717, 1.165) is 35.1 Å². The molecule has 30 heavy (non-hydrogen) atoms. The quantitative estimate of drug-likeness (QED) is 0.479. The van der Waals surface area contributed by atoms with Crippen LogP contribution in [0.1, 0.15) is 41.0 Å². The van der Waals surface area contributed by atoms with Gasteiger partial charge in [-0.3, -0.25) is 14.9 Å². The second kappa shape index (κ2) is 8.77. The monoisotopic (exact) mass is 405 g/mol. The number of aromatic nitrogens is 4. The average molecular weight is 405 g/mol. The summed E-state index contributed by atoms with van der Waals surface area (Å²) in [6, 6.07) is 13.1. The van der Waals surface area contributed by atoms with Crippen molar-refractivity contribution < 1.29 is 14.1 Å². The predicted molar refractivity (Wildman–Crippen MR) is 111 cm³/mol. The van der Waals surface area contributed by atoms with Crippen LogP contribution in [-0.2, 0) is 19.6 Å². The number of fused-ring (bicyclic) bond motifs is 1. The molecule has 8 nitrogen and oxygen atoms in total. The second-order valence-electron chi connectivity index (χ2n) is 7.12. The van der Waals surface area contributed by atoms with Gasteiger partial charge in [-0.1, -0.05) is 24.6 Å². The number of rotatable bonds is 8. The SMILES string of the molecule is CCCc1cc(CN(C)C(=O)c2cc(COc3ccc4ncccc4c3)on2)[nH]n1. The largest absolute Gasteiger partial charge is 0.486 e. The summed E-state index contributed by atoms with van der Waals surface area (Å²) in [6.07, 6.45) is 3.69. The maximum atomic E-state index is 12.6. The lowest BCUT2D eigenvalue weighted by atomic mass is 10.2. The van der Waals surface area contributed by atoms with E-state index in [4.69, 9.17) is 9.26 Å². The van der Waals surface area contributed by atoms with Gasteiger partial charge >= 0.3 is 0 Å². The zero-order chi connectivity index (χ0) is 20.9. The predicted octanol–water partition coefficient (Wildman–Crippen LogP) is 3.75. The lowest BCUT2D eigenvalue weighted by Crippen LogP contribution is -2.26. The maximum absolute atomic E-state index is 12.6. The molecule has 0 unspecified atom stereocenters. The number of nitrogens with zero attached hydrogens (tertiary/aromatic N) is 4. The summed E-state index contributed by atoms with van der Waals surface area (Å²) in [5, 5.41) is 12.1. The molecule has 0 bridgehead atoms. The number of H-pyrrole nitrogens is 1. The number of hydrogen-bond donors (Lipinski definition) is 1. The van der Waals surface area contributed by atoms with Gasteiger partial charge in [0.15, 0.2) is 11.5 Å². The maximum Gasteiger partial charge on any atom is 0.276 e. The normalized spacial score (nSPS) is 11.0. The van der Waals surface area contributed by atoms with Gasteiger partial charge in [0, 0.05) is 24.7 Å². The smallest absolute Gasteiger partial charge is 0.276 e. The minimum Gasteiger partial charge on any atom is -0.486 e. The Bertz CT molecular complexity index is 1150. The van der Waals surface area contributed by atoms with Gasteiger partial charge < -0.3 is 14.2 Å². The molecule has 1 amide bonds. The molecule has 0 saturated carbocycles. The molecule has 154 valence electrons. The third-order valence-corrected chi connectivity index (χ3v) is 4.68. The van der Waals surface area contributed by atoms with E-state index in [1.165, 1.54) is 0 Å². The molecule has 0 atom stereocenters. The molecular formula is C22H23N5O3. The molecule has 0 saturated heterocycles. The Morgan fingerprint density at radius 1 is 1.23 bits per heavy atom. The van der Waals surface area contributed by atoms with E-state index in [2.05, 4.69) is 27.3 Å². The second-order valence-corrected chi connectivity index (χ2v) is 7.12. The number of carbonyl (C=O) groups is 1. The van der Waals surface area contributed by atoms with Gasteiger partial charge in [-0.25, -0.2) is 0 Å². The molecule has 1 aromatic carbocycles. The first-order valence-electron chi connectivity index (χ1n) is 9.84. The van der Waals surface area contributed by atoms with Gasteiger partial charge in [0.25, 0.3) is 5.91 Å². The summed E-state index contributed by atoms with van der Waals surface area (Å²) in [4.78, 5) is 18.5. The van der Waals surface area contributed by atoms with E-state index in [1.54, 1.807) is 24.2 Å². The highest BCUT2D eigenvalue weighted by molar-refractivity contribution is 5.92. The fraction of sp³-hybridized carbons (Fsp3) is 0.273. The van der Waals surface area contributed by atoms with Gasteiger partial charge in [-0.15, -0.1) is 0 Å². The van der Waals surface area contributed by atoms with Gasteiger partial charge in [-0.05, 0) is 36.8 Å². The van der Waals surface area contributed by atoms with Crippen molar-refractivity contribution in [1.82, 2.24) is 25.2 Å². The van der Waals surface area contributed by atoms with Crippen LogP contribution < -0.4 is 4.74 Å². The van der Waals surface area contributed by atoms with Crippen molar-refractivity contribution in [3.8, 4) is 5.75 Å². The Kier molecular flexibility index (Phi) is 5.74. The van der Waals surface area contributed by atoms with Crippen LogP contribution in [0.15, 0.2) is 53.2 Å². The highest BCUT2D eigenvalue weighted by atomic mass is 16.5. The minimum atomic E-state index is -0.228. The molecule has 4 aromatic rings. The first-order valence-corrected chi connectivity index (χ1v) is 9.84. The minimum absolute atomic E-state index is 0.177. The standard InChI is InChI=1S/C22H23N5O3/c1-3-5-16-11-17(25-24-16)13-27(2)22(28)21-12-19(30-26-21)14-29-18-7-8-20-15(10-18)6-4-9-23-20/h4,6-12H,3,5,13-14H2,1-2H3,(H,24,25). The summed E-state index contributed by atoms with van der Waals surface area (Å²) >= 11 is 0. The van der Waals surface area contributed by atoms with E-state index < -0.39 is 0 Å². The van der Waals surface area contributed by atoms with Crippen LogP contribution in [0.5, 0.6) is 5.75 Å². The highest BCUT2D eigenvalue weighted by Crippen LogP contribution is 2.20. The lowest BCUT2D eigenvalue weighted by molar-refractivity contribution is 0.0772. The van der Waals surface area contributed by atoms with Crippen molar-refractivity contribution in [2.24, 2.45) is 0 Å². The summed E-state index contributed by atoms with van der Waals surface area (Å²) < 4.78 is 11.1. The Labute approximate surface area is 173 Å². The molecule has 4 rings (SSSR count). The fourth-order valence-electron chi connectivity index (χ4n) is 3.18. The fourth-order valence-corrected chi connectivity index (χ4v) is 3.18. The van der Waals surface area contributed by atoms with Crippen LogP contribution in [-0.4, -0.2) is 38.2 Å². The Hall–Kier alpha value is -3.68. The van der Waals surface area contributed by atoms with Crippen LogP contribution in [0.3, 0.4) is 0 Å². The summed E-state index contributed by atoms with van der Waals surface area (Å²) in [6.45, 7) is 2.70. The molecule has 3 aromatic heterocycles. The number of carbonyl (C=O) groups excluding carboxylic acids is 1. The van der Waals surface area contributed by atoms with E-state index >= 15 is 0 Å². The van der Waals surface area contributed by atoms with Crippen LogP contribution in [0.2, 0.25) is 0 Å². The topological polar surface area (TPSA) is 97.1 Å². The van der Waals surface area contributed by atoms with Gasteiger partial charge in [0.2, 0.25) is 0 Å². The Balaban J connectivity index is 1.35.